The molecule has 0 fully saturated rings. The Hall–Kier alpha value is -1.55. The van der Waals surface area contributed by atoms with Crippen LogP contribution in [0.3, 0.4) is 0 Å². The molecule has 0 unspecified atom stereocenters. The molecule has 1 rings (SSSR count). The van der Waals surface area contributed by atoms with E-state index in [-0.39, 0.29) is 5.91 Å². The van der Waals surface area contributed by atoms with Crippen molar-refractivity contribution in [3.8, 4) is 5.75 Å². The Balaban J connectivity index is 2.46. The molecule has 0 spiro atoms. The van der Waals surface area contributed by atoms with Crippen LogP contribution in [-0.4, -0.2) is 32.7 Å². The van der Waals surface area contributed by atoms with Gasteiger partial charge in [-0.25, -0.2) is 0 Å². The monoisotopic (exact) mass is 250 g/mol. The summed E-state index contributed by atoms with van der Waals surface area (Å²) in [5.74, 6) is 0.695. The number of benzene rings is 1. The molecule has 0 aromatic heterocycles. The van der Waals surface area contributed by atoms with Gasteiger partial charge < -0.3 is 15.4 Å². The first-order chi connectivity index (χ1) is 8.69. The van der Waals surface area contributed by atoms with Crippen molar-refractivity contribution in [2.24, 2.45) is 0 Å². The van der Waals surface area contributed by atoms with E-state index in [1.807, 2.05) is 19.1 Å². The number of nitrogens with one attached hydrogen (secondary N) is 2. The van der Waals surface area contributed by atoms with E-state index in [9.17, 15) is 4.79 Å². The summed E-state index contributed by atoms with van der Waals surface area (Å²) in [4.78, 5) is 11.9. The van der Waals surface area contributed by atoms with Gasteiger partial charge in [0.25, 0.3) is 5.91 Å². The smallest absolute Gasteiger partial charge is 0.251 e. The molecular formula is C14H22N2O2. The minimum Gasteiger partial charge on any atom is -0.496 e. The molecule has 0 aliphatic carbocycles. The number of carbonyl (C=O) groups is 1. The third kappa shape index (κ3) is 4.37. The Bertz CT molecular complexity index is 391. The van der Waals surface area contributed by atoms with Crippen LogP contribution >= 0.6 is 0 Å². The van der Waals surface area contributed by atoms with Gasteiger partial charge in [-0.3, -0.25) is 4.79 Å². The molecule has 0 heterocycles. The maximum Gasteiger partial charge on any atom is 0.251 e. The Morgan fingerprint density at radius 2 is 2.11 bits per heavy atom. The Labute approximate surface area is 109 Å². The van der Waals surface area contributed by atoms with Crippen LogP contribution in [0.4, 0.5) is 0 Å². The molecule has 1 aromatic rings. The molecule has 0 aliphatic rings. The lowest BCUT2D eigenvalue weighted by atomic mass is 10.1. The van der Waals surface area contributed by atoms with Crippen molar-refractivity contribution in [3.63, 3.8) is 0 Å². The number of hydrogen-bond acceptors (Lipinski definition) is 3. The van der Waals surface area contributed by atoms with Gasteiger partial charge in [0, 0.05) is 12.1 Å². The highest BCUT2D eigenvalue weighted by atomic mass is 16.5. The highest BCUT2D eigenvalue weighted by molar-refractivity contribution is 5.94. The maximum atomic E-state index is 11.9. The second kappa shape index (κ2) is 7.71. The first kappa shape index (κ1) is 14.5. The molecular weight excluding hydrogens is 228 g/mol. The predicted molar refractivity (Wildman–Crippen MR) is 73.2 cm³/mol. The Morgan fingerprint density at radius 1 is 1.33 bits per heavy atom. The predicted octanol–water partition coefficient (Wildman–Crippen LogP) is 1.73. The van der Waals surface area contributed by atoms with Crippen LogP contribution in [0.5, 0.6) is 5.75 Å². The number of methoxy groups -OCH3 is 1. The molecule has 0 radical (unpaired) electrons. The summed E-state index contributed by atoms with van der Waals surface area (Å²) < 4.78 is 5.20. The fraction of sp³-hybridized carbons (Fsp3) is 0.500. The Kier molecular flexibility index (Phi) is 6.22. The summed E-state index contributed by atoms with van der Waals surface area (Å²) in [6.07, 6.45) is 0.933. The summed E-state index contributed by atoms with van der Waals surface area (Å²) in [7, 11) is 1.61. The molecule has 2 N–H and O–H groups in total. The zero-order valence-corrected chi connectivity index (χ0v) is 11.4. The summed E-state index contributed by atoms with van der Waals surface area (Å²) in [6.45, 7) is 6.59. The van der Waals surface area contributed by atoms with Crippen molar-refractivity contribution in [2.45, 2.75) is 20.3 Å². The number of hydrogen-bond donors (Lipinski definition) is 2. The fourth-order valence-corrected chi connectivity index (χ4v) is 1.66. The average molecular weight is 250 g/mol. The third-order valence-corrected chi connectivity index (χ3v) is 2.74. The number of carbonyl (C=O) groups excluding carboxylic acids is 1. The standard InChI is InChI=1S/C14H22N2O2/c1-4-15-8-5-9-16-14(17)12-7-6-11(2)13(10-12)18-3/h6-7,10,15H,4-5,8-9H2,1-3H3,(H,16,17). The summed E-state index contributed by atoms with van der Waals surface area (Å²) in [5, 5.41) is 6.11. The molecule has 18 heavy (non-hydrogen) atoms. The third-order valence-electron chi connectivity index (χ3n) is 2.74. The van der Waals surface area contributed by atoms with E-state index in [1.54, 1.807) is 13.2 Å². The highest BCUT2D eigenvalue weighted by Gasteiger charge is 2.07. The number of ether oxygens (including phenoxy) is 1. The van der Waals surface area contributed by atoms with Gasteiger partial charge in [-0.15, -0.1) is 0 Å². The molecule has 1 aromatic carbocycles. The lowest BCUT2D eigenvalue weighted by Gasteiger charge is -2.08. The van der Waals surface area contributed by atoms with Gasteiger partial charge in [-0.05, 0) is 44.1 Å². The number of amides is 1. The molecule has 1 amide bonds. The topological polar surface area (TPSA) is 50.4 Å². The lowest BCUT2D eigenvalue weighted by molar-refractivity contribution is 0.0953. The molecule has 4 heteroatoms. The number of aryl methyl sites for hydroxylation is 1. The van der Waals surface area contributed by atoms with Crippen LogP contribution in [0.15, 0.2) is 18.2 Å². The van der Waals surface area contributed by atoms with Crippen LogP contribution < -0.4 is 15.4 Å². The van der Waals surface area contributed by atoms with Gasteiger partial charge in [0.05, 0.1) is 7.11 Å². The van der Waals surface area contributed by atoms with Gasteiger partial charge in [-0.2, -0.15) is 0 Å². The van der Waals surface area contributed by atoms with Gasteiger partial charge in [0.15, 0.2) is 0 Å². The van der Waals surface area contributed by atoms with Gasteiger partial charge in [-0.1, -0.05) is 13.0 Å². The van der Waals surface area contributed by atoms with Gasteiger partial charge in [0.2, 0.25) is 0 Å². The van der Waals surface area contributed by atoms with E-state index in [4.69, 9.17) is 4.74 Å². The van der Waals surface area contributed by atoms with Crippen molar-refractivity contribution < 1.29 is 9.53 Å². The van der Waals surface area contributed by atoms with Crippen LogP contribution in [0, 0.1) is 6.92 Å². The van der Waals surface area contributed by atoms with E-state index in [1.165, 1.54) is 0 Å². The van der Waals surface area contributed by atoms with Gasteiger partial charge in [0.1, 0.15) is 5.75 Å². The molecule has 0 atom stereocenters. The zero-order valence-electron chi connectivity index (χ0n) is 11.4. The molecule has 0 saturated heterocycles. The minimum atomic E-state index is -0.0511. The second-order valence-electron chi connectivity index (χ2n) is 4.15. The van der Waals surface area contributed by atoms with Crippen LogP contribution in [-0.2, 0) is 0 Å². The quantitative estimate of drug-likeness (QED) is 0.725. The minimum absolute atomic E-state index is 0.0511. The first-order valence-electron chi connectivity index (χ1n) is 6.32. The summed E-state index contributed by atoms with van der Waals surface area (Å²) in [6, 6.07) is 5.48. The van der Waals surface area contributed by atoms with E-state index < -0.39 is 0 Å². The van der Waals surface area contributed by atoms with E-state index in [0.29, 0.717) is 12.1 Å². The molecule has 0 aliphatic heterocycles. The largest absolute Gasteiger partial charge is 0.496 e. The van der Waals surface area contributed by atoms with Crippen molar-refractivity contribution in [3.05, 3.63) is 29.3 Å². The first-order valence-corrected chi connectivity index (χ1v) is 6.32. The molecule has 0 saturated carbocycles. The van der Waals surface area contributed by atoms with Gasteiger partial charge >= 0.3 is 0 Å². The van der Waals surface area contributed by atoms with E-state index >= 15 is 0 Å². The Morgan fingerprint density at radius 3 is 2.78 bits per heavy atom. The normalized spacial score (nSPS) is 10.2. The summed E-state index contributed by atoms with van der Waals surface area (Å²) >= 11 is 0. The van der Waals surface area contributed by atoms with Crippen LogP contribution in [0.25, 0.3) is 0 Å². The molecule has 0 bridgehead atoms. The highest BCUT2D eigenvalue weighted by Crippen LogP contribution is 2.18. The molecule has 100 valence electrons. The maximum absolute atomic E-state index is 11.9. The van der Waals surface area contributed by atoms with Crippen molar-refractivity contribution in [1.82, 2.24) is 10.6 Å². The van der Waals surface area contributed by atoms with Crippen molar-refractivity contribution in [1.29, 1.82) is 0 Å². The van der Waals surface area contributed by atoms with Crippen LogP contribution in [0.2, 0.25) is 0 Å². The van der Waals surface area contributed by atoms with Crippen LogP contribution in [0.1, 0.15) is 29.3 Å². The number of rotatable bonds is 7. The second-order valence-corrected chi connectivity index (χ2v) is 4.15. The fourth-order valence-electron chi connectivity index (χ4n) is 1.66. The molecule has 4 nitrogen and oxygen atoms in total. The summed E-state index contributed by atoms with van der Waals surface area (Å²) in [5.41, 5.74) is 1.67. The van der Waals surface area contributed by atoms with E-state index in [0.717, 1.165) is 30.8 Å². The van der Waals surface area contributed by atoms with Crippen molar-refractivity contribution >= 4 is 5.91 Å². The SMILES string of the molecule is CCNCCCNC(=O)c1ccc(C)c(OC)c1. The average Bonchev–Trinajstić information content (AvgIpc) is 2.38. The van der Waals surface area contributed by atoms with Crippen molar-refractivity contribution in [2.75, 3.05) is 26.7 Å². The lowest BCUT2D eigenvalue weighted by Crippen LogP contribution is -2.27. The zero-order chi connectivity index (χ0) is 13.4. The van der Waals surface area contributed by atoms with E-state index in [2.05, 4.69) is 17.6 Å².